The van der Waals surface area contributed by atoms with Gasteiger partial charge in [0.25, 0.3) is 0 Å². The molecule has 0 amide bonds. The lowest BCUT2D eigenvalue weighted by atomic mass is 9.95. The van der Waals surface area contributed by atoms with Crippen LogP contribution in [0.3, 0.4) is 0 Å². The number of hydrogen-bond acceptors (Lipinski definition) is 2. The molecule has 1 aromatic rings. The smallest absolute Gasteiger partial charge is 0.225 e. The molecule has 82 valence electrons. The molecular weight excluding hydrogens is 210 g/mol. The summed E-state index contributed by atoms with van der Waals surface area (Å²) in [4.78, 5) is 0. The van der Waals surface area contributed by atoms with Crippen LogP contribution in [0.25, 0.3) is 0 Å². The molecule has 2 aliphatic rings. The van der Waals surface area contributed by atoms with E-state index in [0.29, 0.717) is 10.7 Å². The highest BCUT2D eigenvalue weighted by Gasteiger charge is 2.64. The summed E-state index contributed by atoms with van der Waals surface area (Å²) in [6.07, 6.45) is 6.05. The maximum Gasteiger partial charge on any atom is 0.225 e. The first-order valence-corrected chi connectivity index (χ1v) is 6.11. The van der Waals surface area contributed by atoms with Crippen molar-refractivity contribution in [1.82, 2.24) is 14.8 Å². The normalized spacial score (nSPS) is 25.3. The van der Waals surface area contributed by atoms with Crippen molar-refractivity contribution in [2.75, 3.05) is 0 Å². The summed E-state index contributed by atoms with van der Waals surface area (Å²) < 4.78 is 2.21. The molecule has 0 atom stereocenters. The molecule has 15 heavy (non-hydrogen) atoms. The Morgan fingerprint density at radius 1 is 1.27 bits per heavy atom. The summed E-state index contributed by atoms with van der Waals surface area (Å²) in [7, 11) is 0. The van der Waals surface area contributed by atoms with E-state index in [1.807, 2.05) is 0 Å². The quantitative estimate of drug-likeness (QED) is 0.792. The van der Waals surface area contributed by atoms with Crippen LogP contribution in [0.4, 0.5) is 0 Å². The zero-order valence-electron chi connectivity index (χ0n) is 9.26. The summed E-state index contributed by atoms with van der Waals surface area (Å²) in [6.45, 7) is 4.48. The molecule has 0 aliphatic heterocycles. The van der Waals surface area contributed by atoms with Gasteiger partial charge in [-0.3, -0.25) is 4.57 Å². The Kier molecular flexibility index (Phi) is 1.77. The van der Waals surface area contributed by atoms with E-state index >= 15 is 0 Å². The maximum atomic E-state index is 6.17. The molecule has 2 fully saturated rings. The molecule has 2 aliphatic carbocycles. The predicted octanol–water partition coefficient (Wildman–Crippen LogP) is 2.78. The number of halogens is 1. The Morgan fingerprint density at radius 2 is 1.93 bits per heavy atom. The van der Waals surface area contributed by atoms with Crippen LogP contribution in [0.1, 0.15) is 45.4 Å². The second-order valence-corrected chi connectivity index (χ2v) is 5.50. The van der Waals surface area contributed by atoms with Crippen molar-refractivity contribution in [2.24, 2.45) is 5.41 Å². The van der Waals surface area contributed by atoms with Gasteiger partial charge in [0.05, 0.1) is 5.54 Å². The number of rotatable bonds is 3. The third kappa shape index (κ3) is 1.13. The highest BCUT2D eigenvalue weighted by atomic mass is 35.5. The Hall–Kier alpha value is -0.570. The van der Waals surface area contributed by atoms with Gasteiger partial charge in [0.1, 0.15) is 5.82 Å². The van der Waals surface area contributed by atoms with Crippen LogP contribution in [-0.4, -0.2) is 14.8 Å². The van der Waals surface area contributed by atoms with Crippen LogP contribution in [0, 0.1) is 5.41 Å². The molecule has 4 heteroatoms. The van der Waals surface area contributed by atoms with E-state index in [1.54, 1.807) is 0 Å². The van der Waals surface area contributed by atoms with Crippen LogP contribution in [0.2, 0.25) is 5.28 Å². The number of hydrogen-bond donors (Lipinski definition) is 0. The summed E-state index contributed by atoms with van der Waals surface area (Å²) in [5, 5.41) is 8.76. The van der Waals surface area contributed by atoms with Gasteiger partial charge in [0, 0.05) is 6.42 Å². The van der Waals surface area contributed by atoms with Gasteiger partial charge in [-0.15, -0.1) is 10.2 Å². The van der Waals surface area contributed by atoms with Crippen molar-refractivity contribution in [3.05, 3.63) is 11.1 Å². The van der Waals surface area contributed by atoms with Crippen molar-refractivity contribution in [3.8, 4) is 0 Å². The Labute approximate surface area is 94.8 Å². The average Bonchev–Trinajstić information content (AvgIpc) is 3.11. The molecule has 0 saturated heterocycles. The Bertz CT molecular complexity index is 402. The van der Waals surface area contributed by atoms with Gasteiger partial charge in [-0.1, -0.05) is 13.8 Å². The van der Waals surface area contributed by atoms with Gasteiger partial charge in [-0.25, -0.2) is 0 Å². The monoisotopic (exact) mass is 225 g/mol. The van der Waals surface area contributed by atoms with Crippen LogP contribution in [0.5, 0.6) is 0 Å². The minimum absolute atomic E-state index is 0.263. The van der Waals surface area contributed by atoms with Crippen LogP contribution in [-0.2, 0) is 12.0 Å². The van der Waals surface area contributed by atoms with E-state index in [9.17, 15) is 0 Å². The number of aryl methyl sites for hydroxylation is 1. The van der Waals surface area contributed by atoms with Crippen molar-refractivity contribution >= 4 is 11.6 Å². The summed E-state index contributed by atoms with van der Waals surface area (Å²) in [6, 6.07) is 0. The molecule has 3 nitrogen and oxygen atoms in total. The van der Waals surface area contributed by atoms with Crippen LogP contribution < -0.4 is 0 Å². The standard InChI is InChI=1S/C11H16ClN3/c1-3-8-13-14-9(12)15(8)11(6-7-11)10(2)4-5-10/h3-7H2,1-2H3. The predicted molar refractivity (Wildman–Crippen MR) is 59.0 cm³/mol. The average molecular weight is 226 g/mol. The SMILES string of the molecule is CCc1nnc(Cl)n1C1(C2(C)CC2)CC1. The van der Waals surface area contributed by atoms with Gasteiger partial charge in [0.2, 0.25) is 5.28 Å². The molecule has 0 N–H and O–H groups in total. The van der Waals surface area contributed by atoms with E-state index in [1.165, 1.54) is 25.7 Å². The first kappa shape index (κ1) is 9.64. The topological polar surface area (TPSA) is 30.7 Å². The van der Waals surface area contributed by atoms with E-state index in [4.69, 9.17) is 11.6 Å². The molecule has 0 bridgehead atoms. The summed E-state index contributed by atoms with van der Waals surface area (Å²) >= 11 is 6.17. The molecule has 1 heterocycles. The second kappa shape index (κ2) is 2.76. The second-order valence-electron chi connectivity index (χ2n) is 5.17. The van der Waals surface area contributed by atoms with Gasteiger partial charge in [0.15, 0.2) is 0 Å². The van der Waals surface area contributed by atoms with Gasteiger partial charge >= 0.3 is 0 Å². The first-order chi connectivity index (χ1) is 7.13. The molecule has 2 saturated carbocycles. The fourth-order valence-corrected chi connectivity index (χ4v) is 3.11. The van der Waals surface area contributed by atoms with Crippen molar-refractivity contribution in [1.29, 1.82) is 0 Å². The molecular formula is C11H16ClN3. The molecule has 0 aromatic carbocycles. The van der Waals surface area contributed by atoms with Gasteiger partial charge < -0.3 is 0 Å². The lowest BCUT2D eigenvalue weighted by Crippen LogP contribution is -2.28. The third-order valence-electron chi connectivity index (χ3n) is 4.28. The van der Waals surface area contributed by atoms with Gasteiger partial charge in [-0.2, -0.15) is 0 Å². The van der Waals surface area contributed by atoms with E-state index in [0.717, 1.165) is 12.2 Å². The Balaban J connectivity index is 2.08. The van der Waals surface area contributed by atoms with Crippen molar-refractivity contribution < 1.29 is 0 Å². The molecule has 0 spiro atoms. The van der Waals surface area contributed by atoms with Crippen LogP contribution >= 0.6 is 11.6 Å². The molecule has 0 unspecified atom stereocenters. The van der Waals surface area contributed by atoms with Crippen LogP contribution in [0.15, 0.2) is 0 Å². The Morgan fingerprint density at radius 3 is 2.40 bits per heavy atom. The maximum absolute atomic E-state index is 6.17. The molecule has 0 radical (unpaired) electrons. The van der Waals surface area contributed by atoms with E-state index < -0.39 is 0 Å². The highest BCUT2D eigenvalue weighted by molar-refractivity contribution is 6.28. The number of nitrogens with zero attached hydrogens (tertiary/aromatic N) is 3. The highest BCUT2D eigenvalue weighted by Crippen LogP contribution is 2.68. The fourth-order valence-electron chi connectivity index (χ4n) is 2.82. The third-order valence-corrected chi connectivity index (χ3v) is 4.53. The largest absolute Gasteiger partial charge is 0.295 e. The molecule has 3 rings (SSSR count). The van der Waals surface area contributed by atoms with E-state index in [2.05, 4.69) is 28.6 Å². The fraction of sp³-hybridized carbons (Fsp3) is 0.818. The first-order valence-electron chi connectivity index (χ1n) is 5.73. The minimum Gasteiger partial charge on any atom is -0.295 e. The van der Waals surface area contributed by atoms with Gasteiger partial charge in [-0.05, 0) is 42.7 Å². The lowest BCUT2D eigenvalue weighted by Gasteiger charge is -2.26. The zero-order valence-corrected chi connectivity index (χ0v) is 10.0. The summed E-state index contributed by atoms with van der Waals surface area (Å²) in [5.41, 5.74) is 0.724. The summed E-state index contributed by atoms with van der Waals surface area (Å²) in [5.74, 6) is 1.05. The number of aromatic nitrogens is 3. The minimum atomic E-state index is 0.263. The molecule has 1 aromatic heterocycles. The lowest BCUT2D eigenvalue weighted by molar-refractivity contribution is 0.296. The van der Waals surface area contributed by atoms with Crippen molar-refractivity contribution in [2.45, 2.75) is 51.5 Å². The van der Waals surface area contributed by atoms with Crippen molar-refractivity contribution in [3.63, 3.8) is 0 Å². The van der Waals surface area contributed by atoms with E-state index in [-0.39, 0.29) is 5.54 Å². The zero-order chi connectivity index (χ0) is 10.7.